The van der Waals surface area contributed by atoms with Gasteiger partial charge in [-0.25, -0.2) is 46.3 Å². The zero-order valence-corrected chi connectivity index (χ0v) is 73.5. The summed E-state index contributed by atoms with van der Waals surface area (Å²) in [5.41, 5.74) is 6.92. The third kappa shape index (κ3) is 15.1. The SMILES string of the molecule is CC(C)(C)c1ccc(Sc2ccc3c4n5c(c3c2)/N=C2N=C(/N=c3/c6cccc(Sc7ccc(C(C)(C)C)cc7)c6/c(n3[Si]5(OS(=O)(=O)N(c3ccccc3)c3ccccc3)OS(=O)(=O)N(c3ccccc3)c3ccccc3)=N/C3=NC(=N\4)/c4c(Sc5ccc(C(C)(C)C)cc5)cccc43)c3c(Sc4ccc(C(C)(C)C)cc4)cccc3\2)cc1. The van der Waals surface area contributed by atoms with Gasteiger partial charge >= 0.3 is 29.5 Å². The maximum absolute atomic E-state index is 17.9. The van der Waals surface area contributed by atoms with Crippen LogP contribution in [0.5, 0.6) is 0 Å². The first kappa shape index (κ1) is 79.2. The molecule has 0 radical (unpaired) electrons. The van der Waals surface area contributed by atoms with E-state index >= 15 is 16.8 Å². The molecule has 119 heavy (non-hydrogen) atoms. The van der Waals surface area contributed by atoms with Crippen molar-refractivity contribution in [3.8, 4) is 0 Å². The van der Waals surface area contributed by atoms with Gasteiger partial charge in [0.1, 0.15) is 22.6 Å². The molecule has 0 unspecified atom stereocenters. The van der Waals surface area contributed by atoms with Crippen LogP contribution < -0.4 is 19.6 Å². The molecule has 0 atom stereocenters. The second-order valence-electron chi connectivity index (χ2n) is 33.7. The van der Waals surface area contributed by atoms with Crippen molar-refractivity contribution in [2.24, 2.45) is 30.0 Å². The molecule has 0 aliphatic carbocycles. The Labute approximate surface area is 712 Å². The molecule has 6 bridgehead atoms. The van der Waals surface area contributed by atoms with Crippen LogP contribution in [0.25, 0.3) is 21.5 Å². The number of aromatic nitrogens is 2. The van der Waals surface area contributed by atoms with Crippen LogP contribution in [0.2, 0.25) is 0 Å². The topological polar surface area (TPSA) is 177 Å². The second-order valence-corrected chi connectivity index (χ2v) is 43.9. The number of para-hydroxylation sites is 4. The lowest BCUT2D eigenvalue weighted by Crippen LogP contribution is -2.66. The van der Waals surface area contributed by atoms with E-state index in [1.54, 1.807) is 121 Å². The van der Waals surface area contributed by atoms with Gasteiger partial charge in [-0.05, 0) is 177 Å². The molecule has 0 amide bonds. The molecule has 6 heterocycles. The van der Waals surface area contributed by atoms with Gasteiger partial charge in [-0.3, -0.25) is 8.47 Å². The third-order valence-corrected chi connectivity index (χ3v) is 32.6. The molecule has 0 fully saturated rings. The predicted octanol–water partition coefficient (Wildman–Crippen LogP) is 23.4. The molecule has 594 valence electrons. The largest absolute Gasteiger partial charge is 0.635 e. The van der Waals surface area contributed by atoms with Gasteiger partial charge in [-0.15, -0.1) is 0 Å². The average molecular weight is 1690 g/mol. The van der Waals surface area contributed by atoms with Crippen molar-refractivity contribution < 1.29 is 24.6 Å². The van der Waals surface area contributed by atoms with E-state index in [1.807, 2.05) is 72.8 Å². The Morgan fingerprint density at radius 1 is 0.303 bits per heavy atom. The van der Waals surface area contributed by atoms with Gasteiger partial charge in [0.05, 0.1) is 22.7 Å². The summed E-state index contributed by atoms with van der Waals surface area (Å²) in [6.07, 6.45) is 0. The van der Waals surface area contributed by atoms with E-state index in [0.717, 1.165) is 54.0 Å². The summed E-state index contributed by atoms with van der Waals surface area (Å²) in [5.74, 6) is 0.604. The van der Waals surface area contributed by atoms with Gasteiger partial charge < -0.3 is 0 Å². The number of aliphatic imine (C=N–C) groups is 4. The number of hydrogen-bond donors (Lipinski definition) is 0. The maximum atomic E-state index is 17.9. The zero-order chi connectivity index (χ0) is 82.7. The van der Waals surface area contributed by atoms with E-state index in [2.05, 4.69) is 180 Å². The lowest BCUT2D eigenvalue weighted by molar-refractivity contribution is 0.344. The molecule has 2 aromatic heterocycles. The van der Waals surface area contributed by atoms with E-state index in [9.17, 15) is 0 Å². The molecule has 0 saturated heterocycles. The molecule has 0 spiro atoms. The summed E-state index contributed by atoms with van der Waals surface area (Å²) in [5, 5.41) is 1.58. The lowest BCUT2D eigenvalue weighted by atomic mass is 9.87. The summed E-state index contributed by atoms with van der Waals surface area (Å²) < 4.78 is 92.4. The fourth-order valence-corrected chi connectivity index (χ4v) is 26.8. The second kappa shape index (κ2) is 30.4. The van der Waals surface area contributed by atoms with Gasteiger partial charge in [-0.2, -0.15) is 16.8 Å². The van der Waals surface area contributed by atoms with Gasteiger partial charge in [0.25, 0.3) is 0 Å². The van der Waals surface area contributed by atoms with Gasteiger partial charge in [0, 0.05) is 83.0 Å². The Kier molecular flexibility index (Phi) is 20.2. The van der Waals surface area contributed by atoms with Crippen molar-refractivity contribution in [3.05, 3.63) is 347 Å². The van der Waals surface area contributed by atoms with Crippen LogP contribution in [0.3, 0.4) is 0 Å². The van der Waals surface area contributed by atoms with Crippen molar-refractivity contribution in [3.63, 3.8) is 0 Å². The minimum absolute atomic E-state index is 0.0272. The smallest absolute Gasteiger partial charge is 0.271 e. The Balaban J connectivity index is 1.05. The van der Waals surface area contributed by atoms with E-state index in [1.165, 1.54) is 66.6 Å². The van der Waals surface area contributed by atoms with Gasteiger partial charge in [-0.1, -0.05) is 288 Å². The van der Waals surface area contributed by atoms with Crippen LogP contribution in [-0.4, -0.2) is 57.5 Å². The summed E-state index contributed by atoms with van der Waals surface area (Å²) in [4.78, 5) is 41.5. The number of hydrogen-bond acceptors (Lipinski definition) is 16. The first-order valence-corrected chi connectivity index (χ1v) is 46.9. The Bertz CT molecular complexity index is 6710. The molecule has 14 aromatic rings. The monoisotopic (exact) mass is 1690 g/mol. The summed E-state index contributed by atoms with van der Waals surface area (Å²) in [6.45, 7) is 26.2. The maximum Gasteiger partial charge on any atom is 0.635 e. The minimum atomic E-state index is -6.55. The van der Waals surface area contributed by atoms with E-state index < -0.39 is 29.5 Å². The van der Waals surface area contributed by atoms with Crippen LogP contribution in [0.1, 0.15) is 128 Å². The number of nitrogens with zero attached hydrogens (tertiary/aromatic N) is 10. The van der Waals surface area contributed by atoms with Crippen molar-refractivity contribution in [1.29, 1.82) is 0 Å². The molecule has 0 N–H and O–H groups in total. The average Bonchev–Trinajstić information content (AvgIpc) is 1.53. The van der Waals surface area contributed by atoms with Crippen molar-refractivity contribution in [1.82, 2.24) is 8.47 Å². The Morgan fingerprint density at radius 3 is 1.06 bits per heavy atom. The van der Waals surface area contributed by atoms with Gasteiger partial charge in [0.15, 0.2) is 23.3 Å². The first-order chi connectivity index (χ1) is 56.9. The van der Waals surface area contributed by atoms with E-state index in [0.29, 0.717) is 48.7 Å². The third-order valence-electron chi connectivity index (χ3n) is 21.3. The highest BCUT2D eigenvalue weighted by Crippen LogP contribution is 2.50. The normalized spacial score (nSPS) is 15.7. The molecule has 4 aliphatic heterocycles. The molecule has 18 rings (SSSR count). The van der Waals surface area contributed by atoms with Crippen LogP contribution in [-0.2, 0) is 50.0 Å². The molecular weight excluding hydrogens is 1610 g/mol. The number of anilines is 4. The fraction of sp³-hybridized carbons (Fsp3) is 0.167. The van der Waals surface area contributed by atoms with Crippen LogP contribution >= 0.6 is 47.0 Å². The number of benzene rings is 12. The predicted molar refractivity (Wildman–Crippen MR) is 488 cm³/mol. The van der Waals surface area contributed by atoms with Gasteiger partial charge in [0.2, 0.25) is 0 Å². The molecule has 12 aromatic carbocycles. The van der Waals surface area contributed by atoms with Crippen LogP contribution in [0.4, 0.5) is 34.4 Å². The molecule has 4 aliphatic rings. The lowest BCUT2D eigenvalue weighted by Gasteiger charge is -2.36. The van der Waals surface area contributed by atoms with E-state index in [4.69, 9.17) is 37.7 Å². The highest BCUT2D eigenvalue weighted by molar-refractivity contribution is 8.00. The van der Waals surface area contributed by atoms with Crippen LogP contribution in [0, 0.1) is 0 Å². The first-order valence-electron chi connectivity index (χ1n) is 39.2. The number of amidine groups is 4. The highest BCUT2D eigenvalue weighted by Gasteiger charge is 2.62. The molecule has 0 saturated carbocycles. The Hall–Kier alpha value is -11.0. The van der Waals surface area contributed by atoms with Crippen LogP contribution in [0.15, 0.2) is 360 Å². The quantitative estimate of drug-likeness (QED) is 0.0751. The molecular formula is C96H84N10O6S6Si. The fourth-order valence-electron chi connectivity index (χ4n) is 15.2. The summed E-state index contributed by atoms with van der Waals surface area (Å²) in [6, 6.07) is 91.8. The Morgan fingerprint density at radius 2 is 0.639 bits per heavy atom. The van der Waals surface area contributed by atoms with Crippen molar-refractivity contribution in [2.75, 3.05) is 8.61 Å². The number of fused-ring (bicyclic) bond motifs is 14. The molecule has 16 nitrogen and oxygen atoms in total. The van der Waals surface area contributed by atoms with Crippen molar-refractivity contribution >= 4 is 156 Å². The zero-order valence-electron chi connectivity index (χ0n) is 67.6. The standard InChI is InChI=1S/C96H84N10O6S6Si/c1-93(2,3)61-42-50-69(51-43-61)113-73-58-59-74-78(60-73)91-99-85-75-36-25-39-79(114-70-52-44-62(45-53-70)94(4,5)6)82(75)88(97-85)102-90-77-38-27-41-81(116-72-56-48-64(49-57-72)96(10,11)12)84(77)92-100-86-76-37-26-40-80(115-71-54-46-63(47-55-71)95(7,8)9)83(76)87(98-86)101-89(74)105(91)119(106(90)92,111-117(107,108)103(65-28-17-13-18-29-65)66-30-19-14-20-31-66)112-118(109,110)104(67-32-21-15-22-33-67)68-34-23-16-24-35-68/h13-60H,1-12H3/b99-85-,99-91?,100-86?,100-92-,101-87-,101-89?,102-88?,102-90-. The highest BCUT2D eigenvalue weighted by atomic mass is 32.2. The van der Waals surface area contributed by atoms with E-state index in [-0.39, 0.29) is 90.4 Å². The number of rotatable bonds is 18. The summed E-state index contributed by atoms with van der Waals surface area (Å²) in [7, 11) is -17.9. The molecule has 23 heteroatoms. The van der Waals surface area contributed by atoms with Crippen molar-refractivity contribution in [2.45, 2.75) is 144 Å². The minimum Gasteiger partial charge on any atom is -0.271 e. The summed E-state index contributed by atoms with van der Waals surface area (Å²) >= 11 is 6.05.